The van der Waals surface area contributed by atoms with Crippen molar-refractivity contribution in [3.63, 3.8) is 0 Å². The first-order valence-electron chi connectivity index (χ1n) is 8.47. The van der Waals surface area contributed by atoms with Gasteiger partial charge in [-0.1, -0.05) is 24.3 Å². The fourth-order valence-electron chi connectivity index (χ4n) is 2.72. The van der Waals surface area contributed by atoms with E-state index in [1.807, 2.05) is 42.5 Å². The van der Waals surface area contributed by atoms with E-state index in [-0.39, 0.29) is 18.2 Å². The molecule has 0 atom stereocenters. The first kappa shape index (κ1) is 18.0. The van der Waals surface area contributed by atoms with Crippen LogP contribution < -0.4 is 10.6 Å². The van der Waals surface area contributed by atoms with Gasteiger partial charge in [-0.05, 0) is 52.3 Å². The van der Waals surface area contributed by atoms with Crippen LogP contribution in [0.25, 0.3) is 22.4 Å². The number of furan rings is 1. The number of nitrogens with one attached hydrogen (secondary N) is 3. The lowest BCUT2D eigenvalue weighted by molar-refractivity contribution is -0.115. The number of hydrogen-bond acceptors (Lipinski definition) is 4. The van der Waals surface area contributed by atoms with Crippen molar-refractivity contribution in [3.05, 3.63) is 71.1 Å². The second-order valence-corrected chi connectivity index (χ2v) is 6.80. The molecule has 2 aromatic carbocycles. The lowest BCUT2D eigenvalue weighted by Gasteiger charge is -2.07. The molecule has 0 bridgehead atoms. The van der Waals surface area contributed by atoms with Gasteiger partial charge < -0.3 is 20.0 Å². The number of halogens is 1. The van der Waals surface area contributed by atoms with Crippen LogP contribution in [0.2, 0.25) is 0 Å². The Bertz CT molecular complexity index is 1130. The van der Waals surface area contributed by atoms with E-state index < -0.39 is 5.91 Å². The molecule has 4 aromatic rings. The van der Waals surface area contributed by atoms with Crippen LogP contribution in [0.3, 0.4) is 0 Å². The van der Waals surface area contributed by atoms with E-state index in [1.165, 1.54) is 6.07 Å². The summed E-state index contributed by atoms with van der Waals surface area (Å²) < 4.78 is 5.60. The van der Waals surface area contributed by atoms with Gasteiger partial charge in [0.05, 0.1) is 17.6 Å². The van der Waals surface area contributed by atoms with Crippen molar-refractivity contribution in [2.24, 2.45) is 0 Å². The highest BCUT2D eigenvalue weighted by Gasteiger charge is 2.12. The molecule has 0 unspecified atom stereocenters. The molecule has 2 heterocycles. The second kappa shape index (κ2) is 7.69. The Morgan fingerprint density at radius 1 is 1.07 bits per heavy atom. The van der Waals surface area contributed by atoms with Crippen LogP contribution in [0, 0.1) is 0 Å². The third-order valence-corrected chi connectivity index (χ3v) is 4.44. The maximum Gasteiger partial charge on any atom is 0.287 e. The monoisotopic (exact) mass is 438 g/mol. The van der Waals surface area contributed by atoms with E-state index in [9.17, 15) is 9.59 Å². The number of anilines is 1. The Morgan fingerprint density at radius 2 is 1.93 bits per heavy atom. The van der Waals surface area contributed by atoms with Crippen LogP contribution in [0.4, 0.5) is 5.69 Å². The summed E-state index contributed by atoms with van der Waals surface area (Å²) in [7, 11) is 0. The molecule has 8 heteroatoms. The standard InChI is InChI=1S/C20H15BrN4O3/c21-17-9-8-16(28-17)20(27)22-11-18(26)23-13-5-3-4-12(10-13)19-24-14-6-1-2-7-15(14)25-19/h1-10H,11H2,(H,22,27)(H,23,26)(H,24,25). The third-order valence-electron chi connectivity index (χ3n) is 4.02. The maximum absolute atomic E-state index is 12.2. The van der Waals surface area contributed by atoms with Crippen LogP contribution in [0.5, 0.6) is 0 Å². The van der Waals surface area contributed by atoms with Crippen molar-refractivity contribution in [1.82, 2.24) is 15.3 Å². The molecule has 0 radical (unpaired) electrons. The van der Waals surface area contributed by atoms with Gasteiger partial charge in [-0.15, -0.1) is 0 Å². The summed E-state index contributed by atoms with van der Waals surface area (Å²) in [6, 6.07) is 18.2. The molecule has 2 amide bonds. The molecule has 28 heavy (non-hydrogen) atoms. The van der Waals surface area contributed by atoms with E-state index in [1.54, 1.807) is 12.1 Å². The van der Waals surface area contributed by atoms with Crippen molar-refractivity contribution < 1.29 is 14.0 Å². The van der Waals surface area contributed by atoms with E-state index in [4.69, 9.17) is 4.42 Å². The number of amides is 2. The van der Waals surface area contributed by atoms with Crippen molar-refractivity contribution >= 4 is 44.5 Å². The molecule has 140 valence electrons. The Balaban J connectivity index is 1.41. The number of carbonyl (C=O) groups excluding carboxylic acids is 2. The fraction of sp³-hybridized carbons (Fsp3) is 0.0500. The summed E-state index contributed by atoms with van der Waals surface area (Å²) in [5, 5.41) is 5.27. The van der Waals surface area contributed by atoms with Crippen molar-refractivity contribution in [2.75, 3.05) is 11.9 Å². The summed E-state index contributed by atoms with van der Waals surface area (Å²) in [4.78, 5) is 31.9. The number of fused-ring (bicyclic) bond motifs is 1. The number of para-hydroxylation sites is 2. The second-order valence-electron chi connectivity index (χ2n) is 6.02. The van der Waals surface area contributed by atoms with E-state index in [2.05, 4.69) is 36.5 Å². The molecule has 0 saturated carbocycles. The summed E-state index contributed by atoms with van der Waals surface area (Å²) in [5.41, 5.74) is 3.27. The zero-order chi connectivity index (χ0) is 19.5. The average molecular weight is 439 g/mol. The molecule has 0 fully saturated rings. The Kier molecular flexibility index (Phi) is 4.94. The molecule has 0 aliphatic carbocycles. The van der Waals surface area contributed by atoms with E-state index >= 15 is 0 Å². The molecule has 0 aliphatic heterocycles. The van der Waals surface area contributed by atoms with Gasteiger partial charge in [0.25, 0.3) is 5.91 Å². The third kappa shape index (κ3) is 3.96. The lowest BCUT2D eigenvalue weighted by Crippen LogP contribution is -2.32. The largest absolute Gasteiger partial charge is 0.444 e. The van der Waals surface area contributed by atoms with E-state index in [0.29, 0.717) is 16.2 Å². The number of carbonyl (C=O) groups is 2. The predicted molar refractivity (Wildman–Crippen MR) is 109 cm³/mol. The predicted octanol–water partition coefficient (Wildman–Crippen LogP) is 3.95. The average Bonchev–Trinajstić information content (AvgIpc) is 3.32. The molecule has 7 nitrogen and oxygen atoms in total. The molecule has 0 saturated heterocycles. The number of nitrogens with zero attached hydrogens (tertiary/aromatic N) is 1. The lowest BCUT2D eigenvalue weighted by atomic mass is 10.2. The number of imidazole rings is 1. The molecular formula is C20H15BrN4O3. The van der Waals surface area contributed by atoms with Gasteiger partial charge in [0.15, 0.2) is 10.4 Å². The van der Waals surface area contributed by atoms with Crippen LogP contribution in [0.1, 0.15) is 10.6 Å². The highest BCUT2D eigenvalue weighted by Crippen LogP contribution is 2.23. The fourth-order valence-corrected chi connectivity index (χ4v) is 3.03. The van der Waals surface area contributed by atoms with Crippen LogP contribution in [-0.2, 0) is 4.79 Å². The SMILES string of the molecule is O=C(CNC(=O)c1ccc(Br)o1)Nc1cccc(-c2nc3ccccc3[nH]2)c1. The zero-order valence-electron chi connectivity index (χ0n) is 14.5. The minimum atomic E-state index is -0.461. The summed E-state index contributed by atoms with van der Waals surface area (Å²) in [6.07, 6.45) is 0. The minimum Gasteiger partial charge on any atom is -0.444 e. The number of rotatable bonds is 5. The number of H-pyrrole nitrogens is 1. The number of benzene rings is 2. The molecular weight excluding hydrogens is 424 g/mol. The van der Waals surface area contributed by atoms with Gasteiger partial charge in [-0.3, -0.25) is 9.59 Å². The van der Waals surface area contributed by atoms with Crippen LogP contribution >= 0.6 is 15.9 Å². The smallest absolute Gasteiger partial charge is 0.287 e. The summed E-state index contributed by atoms with van der Waals surface area (Å²) >= 11 is 3.13. The minimum absolute atomic E-state index is 0.131. The Morgan fingerprint density at radius 3 is 2.71 bits per heavy atom. The van der Waals surface area contributed by atoms with Crippen molar-refractivity contribution in [3.8, 4) is 11.4 Å². The van der Waals surface area contributed by atoms with E-state index in [0.717, 1.165) is 16.6 Å². The van der Waals surface area contributed by atoms with Crippen molar-refractivity contribution in [1.29, 1.82) is 0 Å². The molecule has 4 rings (SSSR count). The zero-order valence-corrected chi connectivity index (χ0v) is 16.1. The Labute approximate surface area is 168 Å². The maximum atomic E-state index is 12.2. The first-order valence-corrected chi connectivity index (χ1v) is 9.26. The summed E-state index contributed by atoms with van der Waals surface area (Å²) in [5.74, 6) is 0.0400. The van der Waals surface area contributed by atoms with Gasteiger partial charge in [-0.2, -0.15) is 0 Å². The number of aromatic amines is 1. The van der Waals surface area contributed by atoms with Gasteiger partial charge in [0.2, 0.25) is 5.91 Å². The number of aromatic nitrogens is 2. The van der Waals surface area contributed by atoms with Crippen molar-refractivity contribution in [2.45, 2.75) is 0 Å². The summed E-state index contributed by atoms with van der Waals surface area (Å²) in [6.45, 7) is -0.175. The highest BCUT2D eigenvalue weighted by atomic mass is 79.9. The van der Waals surface area contributed by atoms with Gasteiger partial charge in [0.1, 0.15) is 5.82 Å². The highest BCUT2D eigenvalue weighted by molar-refractivity contribution is 9.10. The topological polar surface area (TPSA) is 100 Å². The van der Waals surface area contributed by atoms with Crippen LogP contribution in [-0.4, -0.2) is 28.3 Å². The van der Waals surface area contributed by atoms with Gasteiger partial charge in [0, 0.05) is 11.3 Å². The quantitative estimate of drug-likeness (QED) is 0.439. The number of hydrogen-bond donors (Lipinski definition) is 3. The molecule has 0 aliphatic rings. The molecule has 2 aromatic heterocycles. The van der Waals surface area contributed by atoms with Gasteiger partial charge >= 0.3 is 0 Å². The molecule has 0 spiro atoms. The first-order chi connectivity index (χ1) is 13.6. The van der Waals surface area contributed by atoms with Crippen LogP contribution in [0.15, 0.2) is 69.8 Å². The Hall–Kier alpha value is -3.39. The normalized spacial score (nSPS) is 10.8. The van der Waals surface area contributed by atoms with Gasteiger partial charge in [-0.25, -0.2) is 4.98 Å². The molecule has 3 N–H and O–H groups in total.